The van der Waals surface area contributed by atoms with Gasteiger partial charge in [-0.1, -0.05) is 36.4 Å². The Bertz CT molecular complexity index is 1540. The Morgan fingerprint density at radius 2 is 1.81 bits per heavy atom. The highest BCUT2D eigenvalue weighted by Crippen LogP contribution is 2.26. The lowest BCUT2D eigenvalue weighted by Crippen LogP contribution is -2.26. The topological polar surface area (TPSA) is 116 Å². The number of carbonyl (C=O) groups excluding carboxylic acids is 2. The molecule has 3 heterocycles. The van der Waals surface area contributed by atoms with Gasteiger partial charge in [0.15, 0.2) is 5.76 Å². The second-order valence-electron chi connectivity index (χ2n) is 8.22. The van der Waals surface area contributed by atoms with E-state index in [2.05, 4.69) is 20.8 Å². The summed E-state index contributed by atoms with van der Waals surface area (Å²) in [7, 11) is 3.43. The van der Waals surface area contributed by atoms with Crippen LogP contribution in [0.4, 0.5) is 5.69 Å². The number of furan rings is 1. The first-order valence-corrected chi connectivity index (χ1v) is 11.3. The lowest BCUT2D eigenvalue weighted by Gasteiger charge is -2.08. The van der Waals surface area contributed by atoms with E-state index in [9.17, 15) is 9.59 Å². The number of fused-ring (bicyclic) bond motifs is 1. The largest absolute Gasteiger partial charge is 0.485 e. The minimum absolute atomic E-state index is 0.0945. The van der Waals surface area contributed by atoms with E-state index in [1.54, 1.807) is 37.1 Å². The molecule has 0 bridgehead atoms. The maximum absolute atomic E-state index is 12.8. The molecule has 0 radical (unpaired) electrons. The van der Waals surface area contributed by atoms with Gasteiger partial charge in [0.1, 0.15) is 23.8 Å². The first kappa shape index (κ1) is 22.9. The van der Waals surface area contributed by atoms with E-state index in [-0.39, 0.29) is 29.7 Å². The lowest BCUT2D eigenvalue weighted by atomic mass is 10.1. The minimum atomic E-state index is -0.499. The fraction of sp³-hybridized carbons (Fsp3) is 0.154. The molecule has 0 unspecified atom stereocenters. The molecule has 10 nitrogen and oxygen atoms in total. The summed E-state index contributed by atoms with van der Waals surface area (Å²) in [4.78, 5) is 25.6. The van der Waals surface area contributed by atoms with E-state index in [0.717, 1.165) is 22.1 Å². The molecule has 36 heavy (non-hydrogen) atoms. The van der Waals surface area contributed by atoms with Crippen molar-refractivity contribution >= 4 is 28.3 Å². The average molecular weight is 485 g/mol. The smallest absolute Gasteiger partial charge is 0.291 e. The van der Waals surface area contributed by atoms with Gasteiger partial charge in [0.05, 0.1) is 18.1 Å². The van der Waals surface area contributed by atoms with Crippen LogP contribution in [-0.4, -0.2) is 31.4 Å². The highest BCUT2D eigenvalue weighted by molar-refractivity contribution is 6.07. The summed E-state index contributed by atoms with van der Waals surface area (Å²) in [5, 5.41) is 15.8. The summed E-state index contributed by atoms with van der Waals surface area (Å²) < 4.78 is 14.7. The van der Waals surface area contributed by atoms with Gasteiger partial charge in [-0.3, -0.25) is 19.0 Å². The number of ether oxygens (including phenoxy) is 1. The number of rotatable bonds is 8. The van der Waals surface area contributed by atoms with Crippen molar-refractivity contribution in [2.24, 2.45) is 14.1 Å². The van der Waals surface area contributed by atoms with Crippen molar-refractivity contribution in [3.63, 3.8) is 0 Å². The van der Waals surface area contributed by atoms with Crippen molar-refractivity contribution in [1.29, 1.82) is 0 Å². The maximum Gasteiger partial charge on any atom is 0.291 e. The summed E-state index contributed by atoms with van der Waals surface area (Å²) in [5.74, 6) is 0.442. The van der Waals surface area contributed by atoms with Gasteiger partial charge < -0.3 is 19.8 Å². The Labute approximate surface area is 206 Å². The van der Waals surface area contributed by atoms with Crippen LogP contribution in [-0.2, 0) is 27.2 Å². The first-order valence-electron chi connectivity index (χ1n) is 11.3. The summed E-state index contributed by atoms with van der Waals surface area (Å²) in [6.07, 6.45) is 4.90. The van der Waals surface area contributed by atoms with Crippen molar-refractivity contribution in [2.75, 3.05) is 5.32 Å². The normalized spacial score (nSPS) is 10.9. The van der Waals surface area contributed by atoms with Crippen molar-refractivity contribution in [3.8, 4) is 5.75 Å². The van der Waals surface area contributed by atoms with Crippen LogP contribution in [0.3, 0.4) is 0 Å². The number of aromatic nitrogens is 4. The van der Waals surface area contributed by atoms with Crippen LogP contribution in [0.25, 0.3) is 10.8 Å². The van der Waals surface area contributed by atoms with Crippen molar-refractivity contribution in [1.82, 2.24) is 24.9 Å². The number of amides is 2. The Morgan fingerprint density at radius 3 is 2.64 bits per heavy atom. The minimum Gasteiger partial charge on any atom is -0.485 e. The fourth-order valence-corrected chi connectivity index (χ4v) is 3.86. The number of carbonyl (C=O) groups is 2. The fourth-order valence-electron chi connectivity index (χ4n) is 3.86. The zero-order chi connectivity index (χ0) is 25.1. The van der Waals surface area contributed by atoms with E-state index >= 15 is 0 Å². The van der Waals surface area contributed by atoms with Crippen LogP contribution < -0.4 is 15.4 Å². The van der Waals surface area contributed by atoms with Crippen molar-refractivity contribution < 1.29 is 18.7 Å². The number of hydrogen-bond donors (Lipinski definition) is 2. The molecule has 0 saturated heterocycles. The molecule has 2 amide bonds. The summed E-state index contributed by atoms with van der Waals surface area (Å²) in [6.45, 7) is 0.458. The zero-order valence-electron chi connectivity index (χ0n) is 19.8. The molecule has 10 heteroatoms. The van der Waals surface area contributed by atoms with E-state index in [4.69, 9.17) is 9.15 Å². The third kappa shape index (κ3) is 4.83. The summed E-state index contributed by atoms with van der Waals surface area (Å²) >= 11 is 0. The molecule has 182 valence electrons. The molecule has 0 spiro atoms. The van der Waals surface area contributed by atoms with Gasteiger partial charge in [0.2, 0.25) is 0 Å². The van der Waals surface area contributed by atoms with Gasteiger partial charge in [0, 0.05) is 37.8 Å². The highest BCUT2D eigenvalue weighted by Gasteiger charge is 2.21. The molecular formula is C26H24N6O4. The van der Waals surface area contributed by atoms with Crippen LogP contribution in [0.5, 0.6) is 5.75 Å². The molecule has 2 aromatic carbocycles. The Kier molecular flexibility index (Phi) is 6.23. The summed E-state index contributed by atoms with van der Waals surface area (Å²) in [6, 6.07) is 17.0. The quantitative estimate of drug-likeness (QED) is 0.347. The molecule has 0 atom stereocenters. The van der Waals surface area contributed by atoms with E-state index in [1.165, 1.54) is 10.9 Å². The molecular weight excluding hydrogens is 460 g/mol. The predicted molar refractivity (Wildman–Crippen MR) is 133 cm³/mol. The Morgan fingerprint density at radius 1 is 0.972 bits per heavy atom. The Balaban J connectivity index is 1.23. The number of nitrogens with zero attached hydrogens (tertiary/aromatic N) is 4. The number of anilines is 1. The third-order valence-corrected chi connectivity index (χ3v) is 5.62. The summed E-state index contributed by atoms with van der Waals surface area (Å²) in [5.41, 5.74) is 1.35. The molecule has 5 rings (SSSR count). The van der Waals surface area contributed by atoms with Gasteiger partial charge in [-0.2, -0.15) is 10.2 Å². The molecule has 0 aliphatic carbocycles. The van der Waals surface area contributed by atoms with Gasteiger partial charge in [-0.15, -0.1) is 0 Å². The van der Waals surface area contributed by atoms with E-state index in [1.807, 2.05) is 48.7 Å². The van der Waals surface area contributed by atoms with Crippen LogP contribution >= 0.6 is 0 Å². The second kappa shape index (κ2) is 9.79. The van der Waals surface area contributed by atoms with Gasteiger partial charge in [0.25, 0.3) is 11.8 Å². The zero-order valence-corrected chi connectivity index (χ0v) is 19.8. The van der Waals surface area contributed by atoms with Gasteiger partial charge in [-0.25, -0.2) is 0 Å². The standard InChI is InChI=1S/C26H24N6O4/c1-31-15-17(13-28-31)12-27-26(34)24-21(14-29-32(24)2)30-25(33)23-11-10-19(36-23)16-35-22-9-5-7-18-6-3-4-8-20(18)22/h3-11,13-15H,12,16H2,1-2H3,(H,27,34)(H,30,33). The van der Waals surface area contributed by atoms with E-state index < -0.39 is 5.91 Å². The van der Waals surface area contributed by atoms with Crippen LogP contribution in [0.1, 0.15) is 32.4 Å². The van der Waals surface area contributed by atoms with E-state index in [0.29, 0.717) is 12.3 Å². The number of nitrogens with one attached hydrogen (secondary N) is 2. The van der Waals surface area contributed by atoms with Crippen LogP contribution in [0.2, 0.25) is 0 Å². The SMILES string of the molecule is Cn1cc(CNC(=O)c2c(NC(=O)c3ccc(COc4cccc5ccccc45)o3)cnn2C)cn1. The average Bonchev–Trinajstić information content (AvgIpc) is 3.61. The lowest BCUT2D eigenvalue weighted by molar-refractivity contribution is 0.0942. The molecule has 0 aliphatic heterocycles. The first-order chi connectivity index (χ1) is 17.5. The number of hydrogen-bond acceptors (Lipinski definition) is 6. The van der Waals surface area contributed by atoms with Gasteiger partial charge in [-0.05, 0) is 23.6 Å². The molecule has 0 aliphatic rings. The predicted octanol–water partition coefficient (Wildman–Crippen LogP) is 3.66. The van der Waals surface area contributed by atoms with Crippen molar-refractivity contribution in [3.05, 3.63) is 96.0 Å². The molecule has 0 fully saturated rings. The number of aryl methyl sites for hydroxylation is 2. The van der Waals surface area contributed by atoms with Crippen LogP contribution in [0, 0.1) is 0 Å². The highest BCUT2D eigenvalue weighted by atomic mass is 16.5. The van der Waals surface area contributed by atoms with Crippen molar-refractivity contribution in [2.45, 2.75) is 13.2 Å². The molecule has 5 aromatic rings. The monoisotopic (exact) mass is 484 g/mol. The molecule has 0 saturated carbocycles. The Hall–Kier alpha value is -4.86. The maximum atomic E-state index is 12.8. The molecule has 2 N–H and O–H groups in total. The second-order valence-corrected chi connectivity index (χ2v) is 8.22. The molecule has 3 aromatic heterocycles. The van der Waals surface area contributed by atoms with Gasteiger partial charge >= 0.3 is 0 Å². The van der Waals surface area contributed by atoms with Crippen LogP contribution in [0.15, 0.2) is 77.6 Å². The number of benzene rings is 2. The third-order valence-electron chi connectivity index (χ3n) is 5.62.